The van der Waals surface area contributed by atoms with Crippen molar-refractivity contribution in [1.82, 2.24) is 0 Å². The van der Waals surface area contributed by atoms with Crippen molar-refractivity contribution in [1.29, 1.82) is 0 Å². The fourth-order valence-electron chi connectivity index (χ4n) is 6.69. The standard InChI is InChI=1S/C41H30N2/c1-26-24-34(35-13-10-28-6-3-4-7-33(28)25-35)18-23-39(26)43(27(2)42)36-19-14-29(15-20-36)37-21-16-32-12-11-30-8-5-9-31-17-22-38(37)41(32)40(30)31/h3-25H,2,42H2,1H3. The summed E-state index contributed by atoms with van der Waals surface area (Å²) in [4.78, 5) is 2.04. The van der Waals surface area contributed by atoms with E-state index >= 15 is 0 Å². The molecule has 8 aromatic carbocycles. The smallest absolute Gasteiger partial charge is 0.100 e. The van der Waals surface area contributed by atoms with Crippen molar-refractivity contribution in [2.75, 3.05) is 4.90 Å². The molecule has 0 atom stereocenters. The average molecular weight is 551 g/mol. The maximum Gasteiger partial charge on any atom is 0.100 e. The second-order valence-corrected chi connectivity index (χ2v) is 11.4. The first-order chi connectivity index (χ1) is 21.0. The zero-order valence-corrected chi connectivity index (χ0v) is 24.0. The maximum atomic E-state index is 6.42. The Morgan fingerprint density at radius 2 is 1.12 bits per heavy atom. The van der Waals surface area contributed by atoms with Gasteiger partial charge in [-0.05, 0) is 108 Å². The van der Waals surface area contributed by atoms with Gasteiger partial charge in [-0.25, -0.2) is 0 Å². The minimum Gasteiger partial charge on any atom is -0.385 e. The quantitative estimate of drug-likeness (QED) is 0.216. The van der Waals surface area contributed by atoms with Gasteiger partial charge in [0.2, 0.25) is 0 Å². The predicted octanol–water partition coefficient (Wildman–Crippen LogP) is 10.9. The van der Waals surface area contributed by atoms with Crippen molar-refractivity contribution in [2.45, 2.75) is 6.92 Å². The van der Waals surface area contributed by atoms with Crippen LogP contribution < -0.4 is 10.6 Å². The number of nitrogens with zero attached hydrogens (tertiary/aromatic N) is 1. The second-order valence-electron chi connectivity index (χ2n) is 11.4. The molecular weight excluding hydrogens is 520 g/mol. The highest BCUT2D eigenvalue weighted by Gasteiger charge is 2.16. The van der Waals surface area contributed by atoms with E-state index < -0.39 is 0 Å². The lowest BCUT2D eigenvalue weighted by molar-refractivity contribution is 1.12. The first-order valence-corrected chi connectivity index (χ1v) is 14.7. The first kappa shape index (κ1) is 25.1. The summed E-state index contributed by atoms with van der Waals surface area (Å²) in [5.74, 6) is 0.483. The number of hydrogen-bond donors (Lipinski definition) is 1. The van der Waals surface area contributed by atoms with Crippen molar-refractivity contribution >= 4 is 54.5 Å². The molecule has 0 heterocycles. The third-order valence-electron chi connectivity index (χ3n) is 8.77. The van der Waals surface area contributed by atoms with Crippen LogP contribution >= 0.6 is 0 Å². The van der Waals surface area contributed by atoms with Crippen molar-refractivity contribution < 1.29 is 0 Å². The Morgan fingerprint density at radius 1 is 0.535 bits per heavy atom. The topological polar surface area (TPSA) is 29.3 Å². The van der Waals surface area contributed by atoms with Gasteiger partial charge >= 0.3 is 0 Å². The molecule has 0 aliphatic rings. The minimum atomic E-state index is 0.483. The number of fused-ring (bicyclic) bond motifs is 1. The zero-order valence-electron chi connectivity index (χ0n) is 24.0. The van der Waals surface area contributed by atoms with E-state index in [9.17, 15) is 0 Å². The highest BCUT2D eigenvalue weighted by molar-refractivity contribution is 6.25. The van der Waals surface area contributed by atoms with Crippen LogP contribution in [0.5, 0.6) is 0 Å². The molecule has 0 unspecified atom stereocenters. The molecule has 0 bridgehead atoms. The van der Waals surface area contributed by atoms with Gasteiger partial charge in [-0.15, -0.1) is 0 Å². The van der Waals surface area contributed by atoms with Gasteiger partial charge in [-0.2, -0.15) is 0 Å². The van der Waals surface area contributed by atoms with Crippen LogP contribution in [0, 0.1) is 6.92 Å². The van der Waals surface area contributed by atoms with Gasteiger partial charge in [0.05, 0.1) is 5.69 Å². The molecule has 0 aliphatic heterocycles. The monoisotopic (exact) mass is 550 g/mol. The molecule has 0 amide bonds. The highest BCUT2D eigenvalue weighted by atomic mass is 15.2. The lowest BCUT2D eigenvalue weighted by Crippen LogP contribution is -2.22. The van der Waals surface area contributed by atoms with Crippen LogP contribution in [0.1, 0.15) is 5.56 Å². The zero-order chi connectivity index (χ0) is 29.1. The Balaban J connectivity index is 1.17. The fourth-order valence-corrected chi connectivity index (χ4v) is 6.69. The third-order valence-corrected chi connectivity index (χ3v) is 8.77. The molecule has 0 saturated heterocycles. The number of nitrogens with two attached hydrogens (primary N) is 1. The Hall–Kier alpha value is -5.60. The number of benzene rings is 8. The first-order valence-electron chi connectivity index (χ1n) is 14.7. The summed E-state index contributed by atoms with van der Waals surface area (Å²) in [6, 6.07) is 50.3. The summed E-state index contributed by atoms with van der Waals surface area (Å²) >= 11 is 0. The van der Waals surface area contributed by atoms with Crippen LogP contribution in [-0.4, -0.2) is 0 Å². The number of aryl methyl sites for hydroxylation is 1. The Kier molecular flexibility index (Phi) is 5.70. The number of rotatable bonds is 5. The van der Waals surface area contributed by atoms with Gasteiger partial charge in [0, 0.05) is 5.69 Å². The van der Waals surface area contributed by atoms with Gasteiger partial charge in [0.15, 0.2) is 0 Å². The third kappa shape index (κ3) is 4.11. The van der Waals surface area contributed by atoms with Crippen LogP contribution in [-0.2, 0) is 0 Å². The van der Waals surface area contributed by atoms with Gasteiger partial charge < -0.3 is 5.73 Å². The van der Waals surface area contributed by atoms with Gasteiger partial charge in [-0.1, -0.05) is 116 Å². The molecule has 8 rings (SSSR count). The average Bonchev–Trinajstić information content (AvgIpc) is 3.04. The van der Waals surface area contributed by atoms with E-state index in [-0.39, 0.29) is 0 Å². The molecule has 8 aromatic rings. The summed E-state index contributed by atoms with van der Waals surface area (Å²) in [5, 5.41) is 10.3. The van der Waals surface area contributed by atoms with Gasteiger partial charge in [0.1, 0.15) is 5.82 Å². The predicted molar refractivity (Wildman–Crippen MR) is 185 cm³/mol. The van der Waals surface area contributed by atoms with Crippen LogP contribution in [0.25, 0.3) is 65.3 Å². The van der Waals surface area contributed by atoms with Crippen LogP contribution in [0.15, 0.2) is 152 Å². The normalized spacial score (nSPS) is 11.6. The molecule has 2 nitrogen and oxygen atoms in total. The van der Waals surface area contributed by atoms with Crippen LogP contribution in [0.3, 0.4) is 0 Å². The van der Waals surface area contributed by atoms with Crippen molar-refractivity contribution in [3.63, 3.8) is 0 Å². The van der Waals surface area contributed by atoms with E-state index in [0.29, 0.717) is 5.82 Å². The van der Waals surface area contributed by atoms with Crippen LogP contribution in [0.4, 0.5) is 11.4 Å². The van der Waals surface area contributed by atoms with Crippen molar-refractivity contribution in [3.05, 3.63) is 157 Å². The van der Waals surface area contributed by atoms with E-state index in [1.165, 1.54) is 65.3 Å². The molecule has 0 radical (unpaired) electrons. The maximum absolute atomic E-state index is 6.42. The summed E-state index contributed by atoms with van der Waals surface area (Å²) in [6.45, 7) is 6.27. The number of anilines is 2. The molecule has 204 valence electrons. The molecular formula is C41H30N2. The van der Waals surface area contributed by atoms with E-state index in [2.05, 4.69) is 153 Å². The molecule has 43 heavy (non-hydrogen) atoms. The number of hydrogen-bond acceptors (Lipinski definition) is 2. The lowest BCUT2D eigenvalue weighted by Gasteiger charge is -2.27. The van der Waals surface area contributed by atoms with Gasteiger partial charge in [0.25, 0.3) is 0 Å². The Labute approximate surface area is 251 Å². The summed E-state index contributed by atoms with van der Waals surface area (Å²) in [6.07, 6.45) is 0. The lowest BCUT2D eigenvalue weighted by atomic mass is 9.90. The summed E-state index contributed by atoms with van der Waals surface area (Å²) < 4.78 is 0. The summed E-state index contributed by atoms with van der Waals surface area (Å²) in [7, 11) is 0. The van der Waals surface area contributed by atoms with E-state index in [1.807, 2.05) is 4.90 Å². The largest absolute Gasteiger partial charge is 0.385 e. The highest BCUT2D eigenvalue weighted by Crippen LogP contribution is 2.40. The molecule has 0 spiro atoms. The van der Waals surface area contributed by atoms with E-state index in [1.54, 1.807) is 0 Å². The molecule has 2 heteroatoms. The van der Waals surface area contributed by atoms with E-state index in [0.717, 1.165) is 16.9 Å². The Bertz CT molecular complexity index is 2310. The summed E-state index contributed by atoms with van der Waals surface area (Å²) in [5.41, 5.74) is 14.3. The molecule has 0 fully saturated rings. The fraction of sp³-hybridized carbons (Fsp3) is 0.0244. The minimum absolute atomic E-state index is 0.483. The second kappa shape index (κ2) is 9.75. The van der Waals surface area contributed by atoms with Crippen molar-refractivity contribution in [3.8, 4) is 22.3 Å². The molecule has 2 N–H and O–H groups in total. The molecule has 0 aromatic heterocycles. The van der Waals surface area contributed by atoms with Crippen molar-refractivity contribution in [2.24, 2.45) is 5.73 Å². The molecule has 0 saturated carbocycles. The van der Waals surface area contributed by atoms with E-state index in [4.69, 9.17) is 5.73 Å². The van der Waals surface area contributed by atoms with Gasteiger partial charge in [-0.3, -0.25) is 4.90 Å². The Morgan fingerprint density at radius 3 is 1.86 bits per heavy atom. The SMILES string of the molecule is C=C(N)N(c1ccc(-c2ccc3ccc4cccc5ccc2c3c45)cc1)c1ccc(-c2ccc3ccccc3c2)cc1C. The van der Waals surface area contributed by atoms with Crippen LogP contribution in [0.2, 0.25) is 0 Å². The molecule has 0 aliphatic carbocycles.